The van der Waals surface area contributed by atoms with Gasteiger partial charge >= 0.3 is 0 Å². The number of hydrogen-bond acceptors (Lipinski definition) is 5. The van der Waals surface area contributed by atoms with Crippen molar-refractivity contribution in [2.24, 2.45) is 11.6 Å². The van der Waals surface area contributed by atoms with Crippen LogP contribution >= 0.6 is 0 Å². The lowest BCUT2D eigenvalue weighted by atomic mass is 10.1. The van der Waals surface area contributed by atoms with Crippen LogP contribution in [0.25, 0.3) is 5.70 Å². The maximum atomic E-state index is 12.4. The number of carbonyl (C=O) groups is 1. The molecule has 0 spiro atoms. The molecule has 0 atom stereocenters. The summed E-state index contributed by atoms with van der Waals surface area (Å²) in [7, 11) is 3.60. The lowest BCUT2D eigenvalue weighted by Gasteiger charge is -2.26. The lowest BCUT2D eigenvalue weighted by Crippen LogP contribution is -2.36. The zero-order valence-electron chi connectivity index (χ0n) is 14.5. The van der Waals surface area contributed by atoms with Gasteiger partial charge in [0.15, 0.2) is 0 Å². The van der Waals surface area contributed by atoms with Crippen LogP contribution in [0.4, 0.5) is 0 Å². The van der Waals surface area contributed by atoms with Crippen LogP contribution < -0.4 is 11.6 Å². The van der Waals surface area contributed by atoms with Gasteiger partial charge in [0, 0.05) is 26.6 Å². The summed E-state index contributed by atoms with van der Waals surface area (Å²) in [5.41, 5.74) is 8.24. The third-order valence-electron chi connectivity index (χ3n) is 4.76. The van der Waals surface area contributed by atoms with Gasteiger partial charge in [-0.1, -0.05) is 12.8 Å². The van der Waals surface area contributed by atoms with E-state index in [1.807, 2.05) is 11.9 Å². The summed E-state index contributed by atoms with van der Waals surface area (Å²) in [6, 6.07) is 7.00. The number of benzene rings is 1. The summed E-state index contributed by atoms with van der Waals surface area (Å²) in [5, 5.41) is 10.8. The molecule has 1 aliphatic carbocycles. The Bertz CT molecular complexity index is 590. The van der Waals surface area contributed by atoms with E-state index in [4.69, 9.17) is 11.6 Å². The number of nitrogens with zero attached hydrogens (tertiary/aromatic N) is 2. The van der Waals surface area contributed by atoms with E-state index in [-0.39, 0.29) is 11.7 Å². The van der Waals surface area contributed by atoms with Crippen molar-refractivity contribution in [3.63, 3.8) is 0 Å². The standard InChI is InChI=1S/C18H28N4O2/c1-21(14-5-3-4-6-14)17(24)12-11-16(22(2)20)18(19)13-7-9-15(23)10-8-13/h7-10,14,23H,3-6,11-12,19-20H2,1-2H3/b18-16-. The van der Waals surface area contributed by atoms with Gasteiger partial charge in [-0.2, -0.15) is 0 Å². The van der Waals surface area contributed by atoms with E-state index in [0.29, 0.717) is 30.3 Å². The number of nitrogens with two attached hydrogens (primary N) is 2. The Morgan fingerprint density at radius 3 is 2.29 bits per heavy atom. The summed E-state index contributed by atoms with van der Waals surface area (Å²) in [6.45, 7) is 0. The van der Waals surface area contributed by atoms with Crippen molar-refractivity contribution in [1.29, 1.82) is 0 Å². The molecule has 0 saturated heterocycles. The summed E-state index contributed by atoms with van der Waals surface area (Å²) in [4.78, 5) is 14.3. The SMILES string of the molecule is CN(N)/C(CCC(=O)N(C)C1CCCC1)=C(\N)c1ccc(O)cc1. The van der Waals surface area contributed by atoms with Crippen LogP contribution in [0.1, 0.15) is 44.1 Å². The number of rotatable bonds is 6. The molecule has 1 aromatic carbocycles. The fourth-order valence-corrected chi connectivity index (χ4v) is 3.21. The number of amides is 1. The maximum absolute atomic E-state index is 12.4. The van der Waals surface area contributed by atoms with Crippen LogP contribution in [0, 0.1) is 0 Å². The van der Waals surface area contributed by atoms with E-state index in [0.717, 1.165) is 18.4 Å². The van der Waals surface area contributed by atoms with Crippen molar-refractivity contribution in [2.75, 3.05) is 14.1 Å². The number of hydrazine groups is 1. The van der Waals surface area contributed by atoms with Gasteiger partial charge in [-0.3, -0.25) is 4.79 Å². The molecule has 0 aliphatic heterocycles. The van der Waals surface area contributed by atoms with Crippen molar-refractivity contribution in [1.82, 2.24) is 9.91 Å². The Balaban J connectivity index is 2.06. The van der Waals surface area contributed by atoms with E-state index in [1.165, 1.54) is 17.9 Å². The molecule has 6 nitrogen and oxygen atoms in total. The second-order valence-electron chi connectivity index (χ2n) is 6.46. The van der Waals surface area contributed by atoms with Crippen molar-refractivity contribution in [3.8, 4) is 5.75 Å². The van der Waals surface area contributed by atoms with Crippen molar-refractivity contribution in [2.45, 2.75) is 44.6 Å². The molecule has 0 bridgehead atoms. The molecule has 6 heteroatoms. The molecule has 0 heterocycles. The molecular formula is C18H28N4O2. The van der Waals surface area contributed by atoms with Crippen LogP contribution in [0.15, 0.2) is 30.0 Å². The molecule has 0 unspecified atom stereocenters. The van der Waals surface area contributed by atoms with E-state index in [1.54, 1.807) is 31.3 Å². The number of phenols is 1. The maximum Gasteiger partial charge on any atom is 0.222 e. The molecule has 24 heavy (non-hydrogen) atoms. The summed E-state index contributed by atoms with van der Waals surface area (Å²) in [6.07, 6.45) is 5.45. The third-order valence-corrected chi connectivity index (χ3v) is 4.76. The highest BCUT2D eigenvalue weighted by Gasteiger charge is 2.23. The van der Waals surface area contributed by atoms with Crippen LogP contribution in [0.5, 0.6) is 5.75 Å². The Morgan fingerprint density at radius 2 is 1.75 bits per heavy atom. The molecule has 2 rings (SSSR count). The van der Waals surface area contributed by atoms with Gasteiger partial charge in [0.05, 0.1) is 11.4 Å². The number of aromatic hydroxyl groups is 1. The topological polar surface area (TPSA) is 95.8 Å². The molecule has 5 N–H and O–H groups in total. The molecule has 0 radical (unpaired) electrons. The number of hydrogen-bond donors (Lipinski definition) is 3. The number of phenolic OH excluding ortho intramolecular Hbond substituents is 1. The highest BCUT2D eigenvalue weighted by Crippen LogP contribution is 2.24. The average molecular weight is 332 g/mol. The molecule has 1 aliphatic rings. The van der Waals surface area contributed by atoms with Crippen molar-refractivity contribution < 1.29 is 9.90 Å². The smallest absolute Gasteiger partial charge is 0.222 e. The highest BCUT2D eigenvalue weighted by atomic mass is 16.3. The van der Waals surface area contributed by atoms with Crippen molar-refractivity contribution in [3.05, 3.63) is 35.5 Å². The zero-order valence-corrected chi connectivity index (χ0v) is 14.5. The molecule has 0 aromatic heterocycles. The van der Waals surface area contributed by atoms with Gasteiger partial charge in [0.2, 0.25) is 5.91 Å². The zero-order chi connectivity index (χ0) is 17.7. The first-order valence-electron chi connectivity index (χ1n) is 8.42. The number of allylic oxidation sites excluding steroid dienone is 1. The largest absolute Gasteiger partial charge is 0.508 e. The van der Waals surface area contributed by atoms with Gasteiger partial charge in [-0.25, -0.2) is 5.84 Å². The fraction of sp³-hybridized carbons (Fsp3) is 0.500. The van der Waals surface area contributed by atoms with Crippen molar-refractivity contribution >= 4 is 11.6 Å². The molecule has 1 aromatic rings. The molecule has 1 saturated carbocycles. The average Bonchev–Trinajstić information content (AvgIpc) is 3.08. The quantitative estimate of drug-likeness (QED) is 0.547. The Hall–Kier alpha value is -2.21. The van der Waals surface area contributed by atoms with Crippen LogP contribution in [0.2, 0.25) is 0 Å². The van der Waals surface area contributed by atoms with Crippen LogP contribution in [-0.4, -0.2) is 41.1 Å². The Morgan fingerprint density at radius 1 is 1.17 bits per heavy atom. The molecule has 1 amide bonds. The van der Waals surface area contributed by atoms with E-state index in [2.05, 4.69) is 0 Å². The van der Waals surface area contributed by atoms with Gasteiger partial charge < -0.3 is 20.7 Å². The van der Waals surface area contributed by atoms with E-state index in [9.17, 15) is 9.90 Å². The highest BCUT2D eigenvalue weighted by molar-refractivity contribution is 5.77. The minimum absolute atomic E-state index is 0.125. The second-order valence-corrected chi connectivity index (χ2v) is 6.46. The van der Waals surface area contributed by atoms with Gasteiger partial charge in [0.25, 0.3) is 0 Å². The molecular weight excluding hydrogens is 304 g/mol. The Kier molecular flexibility index (Phi) is 6.09. The van der Waals surface area contributed by atoms with E-state index >= 15 is 0 Å². The second kappa shape index (κ2) is 8.06. The van der Waals surface area contributed by atoms with E-state index < -0.39 is 0 Å². The first-order valence-corrected chi connectivity index (χ1v) is 8.42. The normalized spacial score (nSPS) is 16.0. The lowest BCUT2D eigenvalue weighted by molar-refractivity contribution is -0.131. The predicted molar refractivity (Wildman–Crippen MR) is 95.4 cm³/mol. The minimum Gasteiger partial charge on any atom is -0.508 e. The summed E-state index contributed by atoms with van der Waals surface area (Å²) in [5.74, 6) is 6.22. The van der Waals surface area contributed by atoms with Gasteiger partial charge in [-0.05, 0) is 49.1 Å². The van der Waals surface area contributed by atoms with Gasteiger partial charge in [0.1, 0.15) is 5.75 Å². The summed E-state index contributed by atoms with van der Waals surface area (Å²) >= 11 is 0. The number of carbonyl (C=O) groups excluding carboxylic acids is 1. The monoisotopic (exact) mass is 332 g/mol. The summed E-state index contributed by atoms with van der Waals surface area (Å²) < 4.78 is 0. The third kappa shape index (κ3) is 4.41. The minimum atomic E-state index is 0.125. The molecule has 1 fully saturated rings. The fourth-order valence-electron chi connectivity index (χ4n) is 3.21. The first kappa shape index (κ1) is 18.1. The molecule has 132 valence electrons. The van der Waals surface area contributed by atoms with Crippen LogP contribution in [0.3, 0.4) is 0 Å². The van der Waals surface area contributed by atoms with Crippen LogP contribution in [-0.2, 0) is 4.79 Å². The van der Waals surface area contributed by atoms with Gasteiger partial charge in [-0.15, -0.1) is 0 Å². The Labute approximate surface area is 143 Å². The first-order chi connectivity index (χ1) is 11.4. The predicted octanol–water partition coefficient (Wildman–Crippen LogP) is 2.01.